The molecule has 0 bridgehead atoms. The van der Waals surface area contributed by atoms with E-state index in [0.29, 0.717) is 13.0 Å². The minimum Gasteiger partial charge on any atom is -0.465 e. The first kappa shape index (κ1) is 7.25. The molecule has 1 heterocycles. The normalized spacial score (nSPS) is 32.0. The van der Waals surface area contributed by atoms with Gasteiger partial charge in [-0.2, -0.15) is 0 Å². The molecule has 0 aliphatic carbocycles. The van der Waals surface area contributed by atoms with Gasteiger partial charge in [0, 0.05) is 6.42 Å². The molecular weight excluding hydrogens is 132 g/mol. The number of carbonyl (C=O) groups is 2. The van der Waals surface area contributed by atoms with E-state index in [1.54, 1.807) is 6.92 Å². The molecule has 0 aromatic carbocycles. The van der Waals surface area contributed by atoms with Crippen molar-refractivity contribution in [3.8, 4) is 0 Å². The van der Waals surface area contributed by atoms with Crippen LogP contribution in [0.3, 0.4) is 0 Å². The number of hydrogen-bond acceptors (Lipinski definition) is 3. The standard InChI is InChI=1S/C7H10O3/c1-5(8)7(2)3-4-10-6(7)9/h3-4H2,1-2H3/t7-/m1/s1. The third-order valence-corrected chi connectivity index (χ3v) is 2.06. The number of carbonyl (C=O) groups excluding carboxylic acids is 2. The highest BCUT2D eigenvalue weighted by Crippen LogP contribution is 2.29. The first-order valence-corrected chi connectivity index (χ1v) is 3.25. The fourth-order valence-corrected chi connectivity index (χ4v) is 0.929. The van der Waals surface area contributed by atoms with Gasteiger partial charge in [0.15, 0.2) is 0 Å². The van der Waals surface area contributed by atoms with Crippen LogP contribution in [-0.4, -0.2) is 18.4 Å². The molecule has 0 spiro atoms. The van der Waals surface area contributed by atoms with Crippen molar-refractivity contribution in [3.63, 3.8) is 0 Å². The third-order valence-electron chi connectivity index (χ3n) is 2.06. The number of ketones is 1. The zero-order valence-electron chi connectivity index (χ0n) is 6.14. The summed E-state index contributed by atoms with van der Waals surface area (Å²) in [6, 6.07) is 0. The smallest absolute Gasteiger partial charge is 0.319 e. The van der Waals surface area contributed by atoms with Crippen LogP contribution < -0.4 is 0 Å². The Kier molecular flexibility index (Phi) is 1.50. The van der Waals surface area contributed by atoms with Crippen molar-refractivity contribution in [2.75, 3.05) is 6.61 Å². The largest absolute Gasteiger partial charge is 0.465 e. The van der Waals surface area contributed by atoms with E-state index in [9.17, 15) is 9.59 Å². The first-order chi connectivity index (χ1) is 4.57. The highest BCUT2D eigenvalue weighted by Gasteiger charge is 2.44. The lowest BCUT2D eigenvalue weighted by Gasteiger charge is -2.12. The molecule has 10 heavy (non-hydrogen) atoms. The summed E-state index contributed by atoms with van der Waals surface area (Å²) in [4.78, 5) is 21.8. The summed E-state index contributed by atoms with van der Waals surface area (Å²) in [7, 11) is 0. The number of esters is 1. The molecule has 0 unspecified atom stereocenters. The lowest BCUT2D eigenvalue weighted by molar-refractivity contribution is -0.149. The van der Waals surface area contributed by atoms with Gasteiger partial charge in [0.25, 0.3) is 0 Å². The lowest BCUT2D eigenvalue weighted by Crippen LogP contribution is -2.30. The number of cyclic esters (lactones) is 1. The van der Waals surface area contributed by atoms with Gasteiger partial charge >= 0.3 is 5.97 Å². The summed E-state index contributed by atoms with van der Waals surface area (Å²) in [5.74, 6) is -0.477. The summed E-state index contributed by atoms with van der Waals surface area (Å²) in [6.07, 6.45) is 0.529. The summed E-state index contributed by atoms with van der Waals surface area (Å²) >= 11 is 0. The zero-order chi connectivity index (χ0) is 7.78. The second-order valence-corrected chi connectivity index (χ2v) is 2.77. The summed E-state index contributed by atoms with van der Waals surface area (Å²) < 4.78 is 4.67. The average Bonchev–Trinajstić information content (AvgIpc) is 2.15. The van der Waals surface area contributed by atoms with E-state index < -0.39 is 5.41 Å². The maximum atomic E-state index is 10.9. The van der Waals surface area contributed by atoms with Crippen molar-refractivity contribution in [3.05, 3.63) is 0 Å². The Morgan fingerprint density at radius 2 is 2.30 bits per heavy atom. The summed E-state index contributed by atoms with van der Waals surface area (Å²) in [5.41, 5.74) is -0.847. The van der Waals surface area contributed by atoms with Crippen molar-refractivity contribution in [1.82, 2.24) is 0 Å². The predicted molar refractivity (Wildman–Crippen MR) is 34.4 cm³/mol. The SMILES string of the molecule is CC(=O)[C@@]1(C)CCOC1=O. The molecule has 3 heteroatoms. The monoisotopic (exact) mass is 142 g/mol. The van der Waals surface area contributed by atoms with Gasteiger partial charge in [-0.1, -0.05) is 0 Å². The quantitative estimate of drug-likeness (QED) is 0.396. The molecule has 1 fully saturated rings. The van der Waals surface area contributed by atoms with Crippen molar-refractivity contribution in [2.45, 2.75) is 20.3 Å². The molecule has 1 atom stereocenters. The van der Waals surface area contributed by atoms with Gasteiger partial charge in [0.2, 0.25) is 0 Å². The van der Waals surface area contributed by atoms with E-state index in [1.165, 1.54) is 6.92 Å². The maximum absolute atomic E-state index is 10.9. The van der Waals surface area contributed by atoms with Gasteiger partial charge in [-0.3, -0.25) is 9.59 Å². The number of Topliss-reactive ketones (excluding diaryl/α,β-unsaturated/α-hetero) is 1. The Hall–Kier alpha value is -0.860. The van der Waals surface area contributed by atoms with Crippen LogP contribution in [0, 0.1) is 5.41 Å². The fraction of sp³-hybridized carbons (Fsp3) is 0.714. The van der Waals surface area contributed by atoms with Gasteiger partial charge in [0.05, 0.1) is 6.61 Å². The van der Waals surface area contributed by atoms with Gasteiger partial charge < -0.3 is 4.74 Å². The van der Waals surface area contributed by atoms with Crippen LogP contribution in [0.4, 0.5) is 0 Å². The van der Waals surface area contributed by atoms with Crippen molar-refractivity contribution in [2.24, 2.45) is 5.41 Å². The van der Waals surface area contributed by atoms with Crippen molar-refractivity contribution >= 4 is 11.8 Å². The van der Waals surface area contributed by atoms with Gasteiger partial charge in [-0.05, 0) is 13.8 Å². The molecule has 0 amide bonds. The maximum Gasteiger partial charge on any atom is 0.319 e. The third kappa shape index (κ3) is 0.818. The van der Waals surface area contributed by atoms with Gasteiger partial charge in [-0.15, -0.1) is 0 Å². The fourth-order valence-electron chi connectivity index (χ4n) is 0.929. The Morgan fingerprint density at radius 3 is 2.50 bits per heavy atom. The van der Waals surface area contributed by atoms with E-state index >= 15 is 0 Å². The predicted octanol–water partition coefficient (Wildman–Crippen LogP) is 0.529. The van der Waals surface area contributed by atoms with Crippen LogP contribution >= 0.6 is 0 Å². The Morgan fingerprint density at radius 1 is 1.70 bits per heavy atom. The van der Waals surface area contributed by atoms with E-state index in [2.05, 4.69) is 4.74 Å². The molecule has 0 aromatic rings. The van der Waals surface area contributed by atoms with Crippen LogP contribution in [0.2, 0.25) is 0 Å². The van der Waals surface area contributed by atoms with Gasteiger partial charge in [-0.25, -0.2) is 0 Å². The molecule has 3 nitrogen and oxygen atoms in total. The topological polar surface area (TPSA) is 43.4 Å². The molecular formula is C7H10O3. The second-order valence-electron chi connectivity index (χ2n) is 2.77. The van der Waals surface area contributed by atoms with Crippen LogP contribution in [0.25, 0.3) is 0 Å². The lowest BCUT2D eigenvalue weighted by atomic mass is 9.85. The van der Waals surface area contributed by atoms with E-state index in [1.807, 2.05) is 0 Å². The van der Waals surface area contributed by atoms with Crippen molar-refractivity contribution < 1.29 is 14.3 Å². The molecule has 1 saturated heterocycles. The average molecular weight is 142 g/mol. The molecule has 0 saturated carbocycles. The van der Waals surface area contributed by atoms with E-state index in [4.69, 9.17) is 0 Å². The highest BCUT2D eigenvalue weighted by atomic mass is 16.5. The summed E-state index contributed by atoms with van der Waals surface area (Å²) in [5, 5.41) is 0. The number of ether oxygens (including phenoxy) is 1. The minimum atomic E-state index is -0.847. The Balaban J connectivity index is 2.86. The highest BCUT2D eigenvalue weighted by molar-refractivity contribution is 6.03. The van der Waals surface area contributed by atoms with Crippen molar-refractivity contribution in [1.29, 1.82) is 0 Å². The van der Waals surface area contributed by atoms with E-state index in [0.717, 1.165) is 0 Å². The van der Waals surface area contributed by atoms with Crippen LogP contribution in [0.15, 0.2) is 0 Å². The molecule has 1 rings (SSSR count). The van der Waals surface area contributed by atoms with Crippen LogP contribution in [0.5, 0.6) is 0 Å². The molecule has 0 radical (unpaired) electrons. The Bertz CT molecular complexity index is 185. The van der Waals surface area contributed by atoms with Gasteiger partial charge in [0.1, 0.15) is 11.2 Å². The second kappa shape index (κ2) is 2.08. The van der Waals surface area contributed by atoms with E-state index in [-0.39, 0.29) is 11.8 Å². The minimum absolute atomic E-state index is 0.102. The van der Waals surface area contributed by atoms with Crippen LogP contribution in [-0.2, 0) is 14.3 Å². The summed E-state index contributed by atoms with van der Waals surface area (Å²) in [6.45, 7) is 3.44. The first-order valence-electron chi connectivity index (χ1n) is 3.25. The molecule has 0 N–H and O–H groups in total. The van der Waals surface area contributed by atoms with Crippen LogP contribution in [0.1, 0.15) is 20.3 Å². The molecule has 1 aliphatic rings. The molecule has 1 aliphatic heterocycles. The number of hydrogen-bond donors (Lipinski definition) is 0. The number of rotatable bonds is 1. The zero-order valence-corrected chi connectivity index (χ0v) is 6.14. The molecule has 56 valence electrons. The Labute approximate surface area is 59.4 Å². The molecule has 0 aromatic heterocycles.